The second kappa shape index (κ2) is 7.65. The van der Waals surface area contributed by atoms with Crippen LogP contribution in [0.1, 0.15) is 39.5 Å². The van der Waals surface area contributed by atoms with Crippen molar-refractivity contribution in [1.29, 1.82) is 0 Å². The molecule has 0 saturated carbocycles. The maximum atomic E-state index is 8.55. The second-order valence-corrected chi connectivity index (χ2v) is 5.28. The molecule has 0 aromatic rings. The molecule has 0 aromatic heterocycles. The molecular formula is C10H23NOS. The van der Waals surface area contributed by atoms with E-state index in [1.807, 2.05) is 11.8 Å². The van der Waals surface area contributed by atoms with Gasteiger partial charge < -0.3 is 10.8 Å². The average molecular weight is 205 g/mol. The molecule has 0 aliphatic carbocycles. The molecule has 0 bridgehead atoms. The highest BCUT2D eigenvalue weighted by Gasteiger charge is 2.09. The van der Waals surface area contributed by atoms with Crippen LogP contribution in [-0.4, -0.2) is 28.8 Å². The number of hydrogen-bond acceptors (Lipinski definition) is 3. The van der Waals surface area contributed by atoms with E-state index in [-0.39, 0.29) is 5.54 Å². The molecule has 0 unspecified atom stereocenters. The van der Waals surface area contributed by atoms with E-state index in [9.17, 15) is 0 Å². The van der Waals surface area contributed by atoms with E-state index in [1.165, 1.54) is 18.6 Å². The number of aliphatic hydroxyl groups excluding tert-OH is 1. The fourth-order valence-corrected chi connectivity index (χ4v) is 2.08. The summed E-state index contributed by atoms with van der Waals surface area (Å²) in [6.07, 6.45) is 4.59. The molecule has 0 atom stereocenters. The van der Waals surface area contributed by atoms with Crippen LogP contribution in [0, 0.1) is 0 Å². The number of rotatable bonds is 8. The standard InChI is InChI=1S/C10H23NOS/c1-10(2,11)9-13-8-6-4-3-5-7-12/h12H,3-9,11H2,1-2H3. The van der Waals surface area contributed by atoms with Gasteiger partial charge in [0.05, 0.1) is 0 Å². The lowest BCUT2D eigenvalue weighted by atomic mass is 10.1. The lowest BCUT2D eigenvalue weighted by Gasteiger charge is -2.17. The predicted octanol–water partition coefficient (Wildman–Crippen LogP) is 2.01. The first-order valence-electron chi connectivity index (χ1n) is 5.04. The Labute approximate surface area is 86.3 Å². The molecule has 0 radical (unpaired) electrons. The summed E-state index contributed by atoms with van der Waals surface area (Å²) in [5.74, 6) is 2.24. The third-order valence-corrected chi connectivity index (χ3v) is 3.20. The first kappa shape index (κ1) is 13.3. The monoisotopic (exact) mass is 205 g/mol. The minimum Gasteiger partial charge on any atom is -0.396 e. The van der Waals surface area contributed by atoms with Crippen LogP contribution in [0.25, 0.3) is 0 Å². The summed E-state index contributed by atoms with van der Waals surface area (Å²) in [4.78, 5) is 0. The van der Waals surface area contributed by atoms with Crippen molar-refractivity contribution in [2.24, 2.45) is 5.73 Å². The Morgan fingerprint density at radius 2 is 1.77 bits per heavy atom. The van der Waals surface area contributed by atoms with Gasteiger partial charge >= 0.3 is 0 Å². The van der Waals surface area contributed by atoms with Gasteiger partial charge in [0.15, 0.2) is 0 Å². The van der Waals surface area contributed by atoms with Crippen LogP contribution in [0.15, 0.2) is 0 Å². The smallest absolute Gasteiger partial charge is 0.0431 e. The van der Waals surface area contributed by atoms with Crippen molar-refractivity contribution >= 4 is 11.8 Å². The molecule has 0 aromatic carbocycles. The third kappa shape index (κ3) is 12.3. The van der Waals surface area contributed by atoms with Crippen molar-refractivity contribution in [3.63, 3.8) is 0 Å². The van der Waals surface area contributed by atoms with Crippen LogP contribution in [0.2, 0.25) is 0 Å². The molecule has 13 heavy (non-hydrogen) atoms. The lowest BCUT2D eigenvalue weighted by Crippen LogP contribution is -2.34. The molecule has 0 spiro atoms. The Kier molecular flexibility index (Phi) is 7.81. The molecule has 0 aliphatic heterocycles. The lowest BCUT2D eigenvalue weighted by molar-refractivity contribution is 0.283. The molecule has 0 rings (SSSR count). The van der Waals surface area contributed by atoms with E-state index in [0.717, 1.165) is 18.6 Å². The van der Waals surface area contributed by atoms with E-state index in [1.54, 1.807) is 0 Å². The van der Waals surface area contributed by atoms with Crippen molar-refractivity contribution in [2.75, 3.05) is 18.1 Å². The number of nitrogens with two attached hydrogens (primary N) is 1. The van der Waals surface area contributed by atoms with Gasteiger partial charge in [-0.15, -0.1) is 0 Å². The zero-order valence-electron chi connectivity index (χ0n) is 8.88. The quantitative estimate of drug-likeness (QED) is 0.596. The van der Waals surface area contributed by atoms with Gasteiger partial charge in [-0.2, -0.15) is 11.8 Å². The maximum absolute atomic E-state index is 8.55. The van der Waals surface area contributed by atoms with Gasteiger partial charge in [-0.3, -0.25) is 0 Å². The summed E-state index contributed by atoms with van der Waals surface area (Å²) >= 11 is 1.93. The molecule has 0 saturated heterocycles. The highest BCUT2D eigenvalue weighted by Crippen LogP contribution is 2.12. The van der Waals surface area contributed by atoms with Crippen molar-refractivity contribution < 1.29 is 5.11 Å². The molecule has 80 valence electrons. The fraction of sp³-hybridized carbons (Fsp3) is 1.00. The van der Waals surface area contributed by atoms with Gasteiger partial charge in [0, 0.05) is 17.9 Å². The van der Waals surface area contributed by atoms with Crippen LogP contribution < -0.4 is 5.73 Å². The van der Waals surface area contributed by atoms with E-state index < -0.39 is 0 Å². The summed E-state index contributed by atoms with van der Waals surface area (Å²) in [6.45, 7) is 4.46. The van der Waals surface area contributed by atoms with Crippen molar-refractivity contribution in [3.05, 3.63) is 0 Å². The first-order chi connectivity index (χ1) is 6.06. The van der Waals surface area contributed by atoms with Crippen molar-refractivity contribution in [3.8, 4) is 0 Å². The normalized spacial score (nSPS) is 12.0. The zero-order valence-corrected chi connectivity index (χ0v) is 9.70. The molecular weight excluding hydrogens is 182 g/mol. The molecule has 3 heteroatoms. The molecule has 3 N–H and O–H groups in total. The van der Waals surface area contributed by atoms with Gasteiger partial charge in [0.2, 0.25) is 0 Å². The molecule has 0 amide bonds. The van der Waals surface area contributed by atoms with Gasteiger partial charge in [-0.05, 0) is 32.4 Å². The summed E-state index contributed by atoms with van der Waals surface area (Å²) < 4.78 is 0. The second-order valence-electron chi connectivity index (χ2n) is 4.18. The fourth-order valence-electron chi connectivity index (χ4n) is 1.00. The zero-order chi connectivity index (χ0) is 10.2. The minimum absolute atomic E-state index is 0.0320. The van der Waals surface area contributed by atoms with Gasteiger partial charge in [-0.25, -0.2) is 0 Å². The largest absolute Gasteiger partial charge is 0.396 e. The van der Waals surface area contributed by atoms with Crippen LogP contribution in [0.3, 0.4) is 0 Å². The minimum atomic E-state index is -0.0320. The number of thioether (sulfide) groups is 1. The summed E-state index contributed by atoms with van der Waals surface area (Å²) in [6, 6.07) is 0. The van der Waals surface area contributed by atoms with E-state index in [0.29, 0.717) is 6.61 Å². The van der Waals surface area contributed by atoms with Crippen LogP contribution in [0.4, 0.5) is 0 Å². The topological polar surface area (TPSA) is 46.2 Å². The van der Waals surface area contributed by atoms with Crippen LogP contribution in [-0.2, 0) is 0 Å². The number of unbranched alkanes of at least 4 members (excludes halogenated alkanes) is 3. The van der Waals surface area contributed by atoms with Gasteiger partial charge in [-0.1, -0.05) is 12.8 Å². The molecule has 2 nitrogen and oxygen atoms in total. The summed E-state index contributed by atoms with van der Waals surface area (Å²) in [5.41, 5.74) is 5.81. The summed E-state index contributed by atoms with van der Waals surface area (Å²) in [5, 5.41) is 8.55. The predicted molar refractivity (Wildman–Crippen MR) is 61.1 cm³/mol. The average Bonchev–Trinajstić information content (AvgIpc) is 2.01. The molecule has 0 aliphatic rings. The highest BCUT2D eigenvalue weighted by molar-refractivity contribution is 7.99. The Bertz CT molecular complexity index is 112. The first-order valence-corrected chi connectivity index (χ1v) is 6.19. The maximum Gasteiger partial charge on any atom is 0.0431 e. The summed E-state index contributed by atoms with van der Waals surface area (Å²) in [7, 11) is 0. The van der Waals surface area contributed by atoms with Gasteiger partial charge in [0.1, 0.15) is 0 Å². The Hall–Kier alpha value is 0.270. The Morgan fingerprint density at radius 3 is 2.31 bits per heavy atom. The van der Waals surface area contributed by atoms with Gasteiger partial charge in [0.25, 0.3) is 0 Å². The third-order valence-electron chi connectivity index (χ3n) is 1.67. The number of hydrogen-bond donors (Lipinski definition) is 2. The van der Waals surface area contributed by atoms with Crippen LogP contribution in [0.5, 0.6) is 0 Å². The van der Waals surface area contributed by atoms with E-state index in [4.69, 9.17) is 10.8 Å². The number of aliphatic hydroxyl groups is 1. The molecule has 0 heterocycles. The van der Waals surface area contributed by atoms with Crippen LogP contribution >= 0.6 is 11.8 Å². The highest BCUT2D eigenvalue weighted by atomic mass is 32.2. The molecule has 0 fully saturated rings. The SMILES string of the molecule is CC(C)(N)CSCCCCCCO. The van der Waals surface area contributed by atoms with E-state index in [2.05, 4.69) is 13.8 Å². The Balaban J connectivity index is 3.00. The van der Waals surface area contributed by atoms with E-state index >= 15 is 0 Å². The Morgan fingerprint density at radius 1 is 1.15 bits per heavy atom. The van der Waals surface area contributed by atoms with Crippen molar-refractivity contribution in [2.45, 2.75) is 45.1 Å². The van der Waals surface area contributed by atoms with Crippen molar-refractivity contribution in [1.82, 2.24) is 0 Å².